The summed E-state index contributed by atoms with van der Waals surface area (Å²) in [5.41, 5.74) is 1.18. The van der Waals surface area contributed by atoms with Gasteiger partial charge in [-0.05, 0) is 0 Å². The van der Waals surface area contributed by atoms with Gasteiger partial charge in [0.1, 0.15) is 10.0 Å². The standard InChI is InChI=1S/C16H12N8OS/c25-15(12-10-24(23-20-12)13-8-17-6-7-18-13)19-9-14-21-22-16(26-14)11-4-2-1-3-5-11/h1-8,10H,9H2,(H,19,25). The van der Waals surface area contributed by atoms with Crippen molar-refractivity contribution in [2.45, 2.75) is 6.54 Å². The van der Waals surface area contributed by atoms with Crippen LogP contribution in [0.25, 0.3) is 16.4 Å². The summed E-state index contributed by atoms with van der Waals surface area (Å²) in [4.78, 5) is 20.3. The van der Waals surface area contributed by atoms with Crippen molar-refractivity contribution >= 4 is 17.2 Å². The first-order valence-corrected chi connectivity index (χ1v) is 8.46. The van der Waals surface area contributed by atoms with E-state index in [1.54, 1.807) is 6.20 Å². The highest BCUT2D eigenvalue weighted by atomic mass is 32.1. The molecule has 1 amide bonds. The number of hydrogen-bond donors (Lipinski definition) is 1. The molecule has 9 nitrogen and oxygen atoms in total. The molecule has 1 N–H and O–H groups in total. The molecule has 3 aromatic heterocycles. The zero-order valence-electron chi connectivity index (χ0n) is 13.4. The van der Waals surface area contributed by atoms with E-state index in [0.717, 1.165) is 10.6 Å². The molecule has 128 valence electrons. The molecule has 0 saturated heterocycles. The van der Waals surface area contributed by atoms with Crippen molar-refractivity contribution in [3.8, 4) is 16.4 Å². The second-order valence-corrected chi connectivity index (χ2v) is 6.22. The van der Waals surface area contributed by atoms with Gasteiger partial charge in [0.25, 0.3) is 5.91 Å². The van der Waals surface area contributed by atoms with Crippen LogP contribution in [0, 0.1) is 0 Å². The monoisotopic (exact) mass is 364 g/mol. The van der Waals surface area contributed by atoms with Crippen LogP contribution in [0.3, 0.4) is 0 Å². The largest absolute Gasteiger partial charge is 0.344 e. The minimum absolute atomic E-state index is 0.184. The third kappa shape index (κ3) is 3.44. The molecule has 3 heterocycles. The summed E-state index contributed by atoms with van der Waals surface area (Å²) in [6.45, 7) is 0.265. The Hall–Kier alpha value is -3.53. The Labute approximate surface area is 151 Å². The van der Waals surface area contributed by atoms with E-state index < -0.39 is 0 Å². The van der Waals surface area contributed by atoms with Crippen LogP contribution < -0.4 is 5.32 Å². The van der Waals surface area contributed by atoms with Crippen LogP contribution in [0.4, 0.5) is 0 Å². The van der Waals surface area contributed by atoms with Crippen molar-refractivity contribution < 1.29 is 4.79 Å². The number of nitrogens with zero attached hydrogens (tertiary/aromatic N) is 7. The molecule has 4 rings (SSSR count). The van der Waals surface area contributed by atoms with Crippen LogP contribution in [-0.2, 0) is 6.54 Å². The summed E-state index contributed by atoms with van der Waals surface area (Å²) in [6.07, 6.45) is 6.12. The molecule has 0 bridgehead atoms. The summed E-state index contributed by atoms with van der Waals surface area (Å²) in [5.74, 6) is 0.132. The van der Waals surface area contributed by atoms with Crippen LogP contribution >= 0.6 is 11.3 Å². The summed E-state index contributed by atoms with van der Waals surface area (Å²) in [5, 5.41) is 20.3. The van der Waals surface area contributed by atoms with E-state index >= 15 is 0 Å². The minimum atomic E-state index is -0.350. The molecule has 0 unspecified atom stereocenters. The van der Waals surface area contributed by atoms with Crippen molar-refractivity contribution in [2.75, 3.05) is 0 Å². The highest BCUT2D eigenvalue weighted by Crippen LogP contribution is 2.22. The fourth-order valence-corrected chi connectivity index (χ4v) is 2.94. The van der Waals surface area contributed by atoms with Gasteiger partial charge in [-0.25, -0.2) is 9.67 Å². The second-order valence-electron chi connectivity index (χ2n) is 5.16. The molecular formula is C16H12N8OS. The van der Waals surface area contributed by atoms with Crippen LogP contribution in [0.2, 0.25) is 0 Å². The minimum Gasteiger partial charge on any atom is -0.344 e. The molecule has 26 heavy (non-hydrogen) atoms. The van der Waals surface area contributed by atoms with E-state index in [2.05, 4.69) is 35.8 Å². The topological polar surface area (TPSA) is 111 Å². The van der Waals surface area contributed by atoms with Gasteiger partial charge in [0, 0.05) is 18.0 Å². The Bertz CT molecular complexity index is 1010. The molecule has 0 atom stereocenters. The molecule has 0 radical (unpaired) electrons. The van der Waals surface area contributed by atoms with Crippen LogP contribution in [0.1, 0.15) is 15.5 Å². The predicted octanol–water partition coefficient (Wildman–Crippen LogP) is 1.51. The maximum absolute atomic E-state index is 12.2. The predicted molar refractivity (Wildman–Crippen MR) is 93.5 cm³/mol. The normalized spacial score (nSPS) is 10.6. The quantitative estimate of drug-likeness (QED) is 0.571. The maximum atomic E-state index is 12.2. The molecular weight excluding hydrogens is 352 g/mol. The Morgan fingerprint density at radius 3 is 2.81 bits per heavy atom. The van der Waals surface area contributed by atoms with Crippen LogP contribution in [0.15, 0.2) is 55.1 Å². The van der Waals surface area contributed by atoms with Gasteiger partial charge >= 0.3 is 0 Å². The van der Waals surface area contributed by atoms with E-state index in [1.165, 1.54) is 34.6 Å². The average Bonchev–Trinajstić information content (AvgIpc) is 3.37. The lowest BCUT2D eigenvalue weighted by molar-refractivity contribution is 0.0945. The fraction of sp³-hybridized carbons (Fsp3) is 0.0625. The van der Waals surface area contributed by atoms with Crippen molar-refractivity contribution in [2.24, 2.45) is 0 Å². The van der Waals surface area contributed by atoms with Crippen molar-refractivity contribution in [3.05, 3.63) is 65.8 Å². The number of benzene rings is 1. The molecule has 0 saturated carbocycles. The van der Waals surface area contributed by atoms with Gasteiger partial charge in [-0.2, -0.15) is 0 Å². The molecule has 0 spiro atoms. The Morgan fingerprint density at radius 2 is 2.00 bits per heavy atom. The zero-order chi connectivity index (χ0) is 17.8. The van der Waals surface area contributed by atoms with Gasteiger partial charge in [-0.3, -0.25) is 9.78 Å². The number of nitrogens with one attached hydrogen (secondary N) is 1. The fourth-order valence-electron chi connectivity index (χ4n) is 2.16. The summed E-state index contributed by atoms with van der Waals surface area (Å²) >= 11 is 1.43. The maximum Gasteiger partial charge on any atom is 0.273 e. The smallest absolute Gasteiger partial charge is 0.273 e. The van der Waals surface area contributed by atoms with E-state index in [9.17, 15) is 4.79 Å². The van der Waals surface area contributed by atoms with E-state index in [-0.39, 0.29) is 18.1 Å². The first-order chi connectivity index (χ1) is 12.8. The summed E-state index contributed by atoms with van der Waals surface area (Å²) in [7, 11) is 0. The Kier molecular flexibility index (Phi) is 4.39. The van der Waals surface area contributed by atoms with Gasteiger partial charge in [0.15, 0.2) is 11.5 Å². The lowest BCUT2D eigenvalue weighted by atomic mass is 10.2. The molecule has 4 aromatic rings. The SMILES string of the molecule is O=C(NCc1nnc(-c2ccccc2)s1)c1cn(-c2cnccn2)nn1. The highest BCUT2D eigenvalue weighted by molar-refractivity contribution is 7.14. The summed E-state index contributed by atoms with van der Waals surface area (Å²) in [6, 6.07) is 9.76. The lowest BCUT2D eigenvalue weighted by Gasteiger charge is -1.98. The van der Waals surface area contributed by atoms with E-state index in [1.807, 2.05) is 30.3 Å². The Morgan fingerprint density at radius 1 is 1.12 bits per heavy atom. The number of rotatable bonds is 5. The first-order valence-electron chi connectivity index (χ1n) is 7.64. The molecule has 0 fully saturated rings. The van der Waals surface area contributed by atoms with Gasteiger partial charge < -0.3 is 5.32 Å². The molecule has 0 aliphatic rings. The Balaban J connectivity index is 1.40. The third-order valence-corrected chi connectivity index (χ3v) is 4.37. The third-order valence-electron chi connectivity index (χ3n) is 3.40. The number of amides is 1. The van der Waals surface area contributed by atoms with Gasteiger partial charge in [-0.15, -0.1) is 15.3 Å². The molecule has 1 aromatic carbocycles. The van der Waals surface area contributed by atoms with Gasteiger partial charge in [0.2, 0.25) is 0 Å². The van der Waals surface area contributed by atoms with E-state index in [0.29, 0.717) is 10.8 Å². The number of aromatic nitrogens is 7. The van der Waals surface area contributed by atoms with E-state index in [4.69, 9.17) is 0 Å². The molecule has 0 aliphatic carbocycles. The van der Waals surface area contributed by atoms with Gasteiger partial charge in [-0.1, -0.05) is 46.9 Å². The van der Waals surface area contributed by atoms with Crippen LogP contribution in [0.5, 0.6) is 0 Å². The second kappa shape index (κ2) is 7.15. The number of carbonyl (C=O) groups excluding carboxylic acids is 1. The van der Waals surface area contributed by atoms with Crippen LogP contribution in [-0.4, -0.2) is 41.1 Å². The van der Waals surface area contributed by atoms with Crippen molar-refractivity contribution in [1.82, 2.24) is 40.5 Å². The lowest BCUT2D eigenvalue weighted by Crippen LogP contribution is -2.23. The average molecular weight is 364 g/mol. The molecule has 10 heteroatoms. The number of carbonyl (C=O) groups is 1. The highest BCUT2D eigenvalue weighted by Gasteiger charge is 2.13. The molecule has 0 aliphatic heterocycles. The summed E-state index contributed by atoms with van der Waals surface area (Å²) < 4.78 is 1.39. The zero-order valence-corrected chi connectivity index (χ0v) is 14.2. The van der Waals surface area contributed by atoms with Gasteiger partial charge in [0.05, 0.1) is 18.9 Å². The first kappa shape index (κ1) is 16.0. The number of hydrogen-bond acceptors (Lipinski definition) is 8. The van der Waals surface area contributed by atoms with Crippen molar-refractivity contribution in [1.29, 1.82) is 0 Å². The van der Waals surface area contributed by atoms with Crippen molar-refractivity contribution in [3.63, 3.8) is 0 Å².